The van der Waals surface area contributed by atoms with Crippen LogP contribution >= 0.6 is 11.8 Å². The lowest BCUT2D eigenvalue weighted by Gasteiger charge is -2.13. The second-order valence-electron chi connectivity index (χ2n) is 5.43. The number of aliphatic imine (C=N–C) groups is 1. The summed E-state index contributed by atoms with van der Waals surface area (Å²) < 4.78 is 25.7. The second kappa shape index (κ2) is 13.4. The lowest BCUT2D eigenvalue weighted by molar-refractivity contribution is -0.114. The largest absolute Gasteiger partial charge is 0.341 e. The summed E-state index contributed by atoms with van der Waals surface area (Å²) in [7, 11) is 1.52. The van der Waals surface area contributed by atoms with Gasteiger partial charge in [-0.1, -0.05) is 12.1 Å². The molecule has 1 aromatic carbocycles. The van der Waals surface area contributed by atoms with Crippen molar-refractivity contribution in [1.29, 1.82) is 0 Å². The van der Waals surface area contributed by atoms with Crippen molar-refractivity contribution in [2.24, 2.45) is 10.1 Å². The fourth-order valence-corrected chi connectivity index (χ4v) is 2.82. The highest BCUT2D eigenvalue weighted by Gasteiger charge is 2.10. The van der Waals surface area contributed by atoms with Crippen LogP contribution in [0.2, 0.25) is 0 Å². The van der Waals surface area contributed by atoms with Gasteiger partial charge in [0.2, 0.25) is 0 Å². The van der Waals surface area contributed by atoms with Crippen molar-refractivity contribution >= 4 is 36.4 Å². The molecule has 0 aliphatic heterocycles. The quantitative estimate of drug-likeness (QED) is 0.190. The molecule has 28 heavy (non-hydrogen) atoms. The van der Waals surface area contributed by atoms with Gasteiger partial charge in [0.1, 0.15) is 24.5 Å². The van der Waals surface area contributed by atoms with Crippen LogP contribution in [0.3, 0.4) is 0 Å². The molecule has 0 heterocycles. The molecular formula is C19H22F2N4O2S. The standard InChI is InChI=1S/C19H22F2N4O2S/c1-22-13-17(12-15-5-3-6-16(21)11-15)28-14-23-19(27)18(7-4-10-26)24-25(2)9-8-20/h3-7,10-11,13H,1,8-9,12,14H2,2H3,(H,23,27)/b7-4-,17-13-,24-18+. The van der Waals surface area contributed by atoms with Crippen LogP contribution in [0.15, 0.2) is 57.6 Å². The van der Waals surface area contributed by atoms with Gasteiger partial charge in [0.05, 0.1) is 12.4 Å². The van der Waals surface area contributed by atoms with Crippen LogP contribution in [0.5, 0.6) is 0 Å². The molecule has 1 rings (SSSR count). The van der Waals surface area contributed by atoms with Crippen molar-refractivity contribution in [3.05, 3.63) is 58.9 Å². The number of rotatable bonds is 12. The van der Waals surface area contributed by atoms with Gasteiger partial charge in [-0.15, -0.1) is 11.8 Å². The van der Waals surface area contributed by atoms with Crippen molar-refractivity contribution in [3.8, 4) is 0 Å². The van der Waals surface area contributed by atoms with Gasteiger partial charge in [-0.25, -0.2) is 8.78 Å². The van der Waals surface area contributed by atoms with E-state index < -0.39 is 12.6 Å². The van der Waals surface area contributed by atoms with Crippen LogP contribution < -0.4 is 5.32 Å². The molecule has 0 radical (unpaired) electrons. The molecule has 0 fully saturated rings. The number of allylic oxidation sites excluding steroid dienone is 2. The molecule has 0 saturated carbocycles. The van der Waals surface area contributed by atoms with Crippen molar-refractivity contribution in [2.45, 2.75) is 6.42 Å². The van der Waals surface area contributed by atoms with Crippen molar-refractivity contribution < 1.29 is 18.4 Å². The summed E-state index contributed by atoms with van der Waals surface area (Å²) >= 11 is 1.30. The van der Waals surface area contributed by atoms with Crippen LogP contribution in [0.1, 0.15) is 5.56 Å². The van der Waals surface area contributed by atoms with E-state index in [2.05, 4.69) is 22.1 Å². The van der Waals surface area contributed by atoms with E-state index in [1.54, 1.807) is 12.1 Å². The Labute approximate surface area is 167 Å². The minimum atomic E-state index is -0.620. The van der Waals surface area contributed by atoms with Crippen LogP contribution in [0, 0.1) is 5.82 Å². The second-order valence-corrected chi connectivity index (χ2v) is 6.53. The Morgan fingerprint density at radius 2 is 2.21 bits per heavy atom. The molecule has 1 aromatic rings. The summed E-state index contributed by atoms with van der Waals surface area (Å²) in [6.07, 6.45) is 4.87. The average molecular weight is 408 g/mol. The zero-order chi connectivity index (χ0) is 20.8. The zero-order valence-electron chi connectivity index (χ0n) is 15.5. The third-order valence-electron chi connectivity index (χ3n) is 3.24. The number of hydrogen-bond donors (Lipinski definition) is 1. The Balaban J connectivity index is 2.71. The Bertz CT molecular complexity index is 766. The number of thioether (sulfide) groups is 1. The molecule has 0 aromatic heterocycles. The SMILES string of the molecule is C=N/C=C(/Cc1cccc(F)c1)SCNC(=O)C(/C=C\C=O)=N/N(C)CCF. The van der Waals surface area contributed by atoms with Crippen LogP contribution in [0.25, 0.3) is 0 Å². The molecule has 9 heteroatoms. The van der Waals surface area contributed by atoms with Gasteiger partial charge < -0.3 is 5.32 Å². The topological polar surface area (TPSA) is 74.1 Å². The first-order valence-corrected chi connectivity index (χ1v) is 9.26. The number of halogens is 2. The Kier molecular flexibility index (Phi) is 11.1. The minimum absolute atomic E-state index is 0.0198. The van der Waals surface area contributed by atoms with E-state index in [-0.39, 0.29) is 24.0 Å². The van der Waals surface area contributed by atoms with Gasteiger partial charge in [-0.05, 0) is 36.6 Å². The van der Waals surface area contributed by atoms with E-state index in [1.165, 1.54) is 48.2 Å². The summed E-state index contributed by atoms with van der Waals surface area (Å²) in [6, 6.07) is 6.19. The summed E-state index contributed by atoms with van der Waals surface area (Å²) in [5, 5.41) is 7.90. The van der Waals surface area contributed by atoms with Crippen molar-refractivity contribution in [3.63, 3.8) is 0 Å². The number of nitrogens with zero attached hydrogens (tertiary/aromatic N) is 3. The zero-order valence-corrected chi connectivity index (χ0v) is 16.3. The van der Waals surface area contributed by atoms with E-state index in [0.29, 0.717) is 12.7 Å². The predicted molar refractivity (Wildman–Crippen MR) is 110 cm³/mol. The van der Waals surface area contributed by atoms with Crippen LogP contribution in [-0.4, -0.2) is 55.8 Å². The molecule has 0 aliphatic rings. The highest BCUT2D eigenvalue weighted by molar-refractivity contribution is 8.03. The monoisotopic (exact) mass is 408 g/mol. The van der Waals surface area contributed by atoms with Crippen molar-refractivity contribution in [1.82, 2.24) is 10.3 Å². The van der Waals surface area contributed by atoms with E-state index >= 15 is 0 Å². The number of nitrogens with one attached hydrogen (secondary N) is 1. The molecule has 0 atom stereocenters. The molecule has 6 nitrogen and oxygen atoms in total. The smallest absolute Gasteiger partial charge is 0.272 e. The third kappa shape index (κ3) is 9.22. The molecule has 1 N–H and O–H groups in total. The Morgan fingerprint density at radius 1 is 1.43 bits per heavy atom. The number of hydrogen-bond acceptors (Lipinski definition) is 6. The van der Waals surface area contributed by atoms with Crippen LogP contribution in [-0.2, 0) is 16.0 Å². The fourth-order valence-electron chi connectivity index (χ4n) is 2.01. The number of hydrazone groups is 1. The van der Waals surface area contributed by atoms with Gasteiger partial charge in [-0.3, -0.25) is 19.6 Å². The maximum Gasteiger partial charge on any atom is 0.272 e. The molecule has 1 amide bonds. The first-order valence-electron chi connectivity index (χ1n) is 8.28. The lowest BCUT2D eigenvalue weighted by Crippen LogP contribution is -2.32. The van der Waals surface area contributed by atoms with E-state index in [9.17, 15) is 18.4 Å². The lowest BCUT2D eigenvalue weighted by atomic mass is 10.1. The summed E-state index contributed by atoms with van der Waals surface area (Å²) in [5.41, 5.74) is 0.735. The number of amides is 1. The minimum Gasteiger partial charge on any atom is -0.341 e. The highest BCUT2D eigenvalue weighted by atomic mass is 32.2. The summed E-state index contributed by atoms with van der Waals surface area (Å²) in [5.74, 6) is -0.661. The predicted octanol–water partition coefficient (Wildman–Crippen LogP) is 2.73. The molecule has 0 saturated heterocycles. The number of carbonyl (C=O) groups excluding carboxylic acids is 2. The first-order chi connectivity index (χ1) is 13.5. The molecule has 0 unspecified atom stereocenters. The number of aldehydes is 1. The molecular weight excluding hydrogens is 386 g/mol. The van der Waals surface area contributed by atoms with E-state index in [4.69, 9.17) is 0 Å². The number of alkyl halides is 1. The normalized spacial score (nSPS) is 12.1. The molecule has 0 spiro atoms. The van der Waals surface area contributed by atoms with E-state index in [0.717, 1.165) is 16.5 Å². The first kappa shape index (κ1) is 23.2. The maximum atomic E-state index is 13.3. The Morgan fingerprint density at radius 3 is 2.86 bits per heavy atom. The molecule has 150 valence electrons. The summed E-state index contributed by atoms with van der Waals surface area (Å²) in [4.78, 5) is 27.3. The van der Waals surface area contributed by atoms with Gasteiger partial charge in [0, 0.05) is 24.6 Å². The Hall–Kier alpha value is -2.81. The number of benzene rings is 1. The van der Waals surface area contributed by atoms with Crippen molar-refractivity contribution in [2.75, 3.05) is 26.1 Å². The summed E-state index contributed by atoms with van der Waals surface area (Å²) in [6.45, 7) is 2.82. The van der Waals surface area contributed by atoms with Gasteiger partial charge in [-0.2, -0.15) is 5.10 Å². The average Bonchev–Trinajstić information content (AvgIpc) is 2.65. The number of carbonyl (C=O) groups is 2. The maximum absolute atomic E-state index is 13.3. The van der Waals surface area contributed by atoms with E-state index in [1.807, 2.05) is 0 Å². The van der Waals surface area contributed by atoms with Gasteiger partial charge in [0.15, 0.2) is 0 Å². The fraction of sp³-hybridized carbons (Fsp3) is 0.263. The molecule has 0 bridgehead atoms. The highest BCUT2D eigenvalue weighted by Crippen LogP contribution is 2.20. The van der Waals surface area contributed by atoms with Crippen LogP contribution in [0.4, 0.5) is 8.78 Å². The van der Waals surface area contributed by atoms with Gasteiger partial charge in [0.25, 0.3) is 5.91 Å². The molecule has 0 aliphatic carbocycles. The van der Waals surface area contributed by atoms with Gasteiger partial charge >= 0.3 is 0 Å². The third-order valence-corrected chi connectivity index (χ3v) is 4.15.